The molecule has 0 spiro atoms. The van der Waals surface area contributed by atoms with E-state index in [0.29, 0.717) is 20.1 Å². The number of anilines is 1. The fourth-order valence-corrected chi connectivity index (χ4v) is 4.28. The minimum Gasteiger partial charge on any atom is -0.326 e. The second-order valence-electron chi connectivity index (χ2n) is 4.23. The van der Waals surface area contributed by atoms with Crippen molar-refractivity contribution in [3.8, 4) is 0 Å². The quantitative estimate of drug-likeness (QED) is 0.800. The molecule has 8 heteroatoms. The number of halogens is 3. The third kappa shape index (κ3) is 4.11. The predicted molar refractivity (Wildman–Crippen MR) is 89.3 cm³/mol. The van der Waals surface area contributed by atoms with Crippen molar-refractivity contribution >= 4 is 54.8 Å². The third-order valence-corrected chi connectivity index (χ3v) is 5.45. The highest BCUT2D eigenvalue weighted by atomic mass is 79.9. The molecule has 2 aromatic rings. The van der Waals surface area contributed by atoms with E-state index in [0.717, 1.165) is 0 Å². The molecule has 0 aliphatic heterocycles. The topological polar surface area (TPSA) is 72.2 Å². The van der Waals surface area contributed by atoms with Gasteiger partial charge < -0.3 is 5.73 Å². The van der Waals surface area contributed by atoms with Gasteiger partial charge in [0.05, 0.1) is 5.69 Å². The normalized spacial score (nSPS) is 11.4. The summed E-state index contributed by atoms with van der Waals surface area (Å²) in [6, 6.07) is 9.38. The van der Waals surface area contributed by atoms with Crippen molar-refractivity contribution in [3.63, 3.8) is 0 Å². The van der Waals surface area contributed by atoms with Crippen molar-refractivity contribution in [1.29, 1.82) is 0 Å². The highest BCUT2D eigenvalue weighted by Gasteiger charge is 2.18. The molecule has 0 amide bonds. The van der Waals surface area contributed by atoms with E-state index in [9.17, 15) is 8.42 Å². The van der Waals surface area contributed by atoms with Crippen LogP contribution in [0.4, 0.5) is 5.69 Å². The number of benzene rings is 2. The van der Waals surface area contributed by atoms with Crippen LogP contribution in [-0.4, -0.2) is 8.42 Å². The Labute approximate surface area is 141 Å². The van der Waals surface area contributed by atoms with Crippen LogP contribution >= 0.6 is 39.1 Å². The third-order valence-electron chi connectivity index (χ3n) is 2.64. The van der Waals surface area contributed by atoms with Gasteiger partial charge in [-0.1, -0.05) is 29.3 Å². The van der Waals surface area contributed by atoms with E-state index in [-0.39, 0.29) is 17.1 Å². The van der Waals surface area contributed by atoms with Crippen LogP contribution in [0.15, 0.2) is 45.8 Å². The molecule has 21 heavy (non-hydrogen) atoms. The molecule has 2 aromatic carbocycles. The van der Waals surface area contributed by atoms with E-state index in [1.807, 2.05) is 0 Å². The standard InChI is InChI=1S/C13H11BrCl2N2O2S/c14-12-2-1-8(7-17)3-13(12)21(19,20)18-11-5-9(15)4-10(16)6-11/h1-6,18H,7,17H2. The van der Waals surface area contributed by atoms with Crippen LogP contribution in [0.25, 0.3) is 0 Å². The van der Waals surface area contributed by atoms with Gasteiger partial charge in [-0.3, -0.25) is 4.72 Å². The molecule has 0 aliphatic carbocycles. The van der Waals surface area contributed by atoms with Crippen molar-refractivity contribution in [2.45, 2.75) is 11.4 Å². The Morgan fingerprint density at radius 1 is 1.10 bits per heavy atom. The summed E-state index contributed by atoms with van der Waals surface area (Å²) in [5, 5.41) is 0.685. The van der Waals surface area contributed by atoms with Crippen LogP contribution in [-0.2, 0) is 16.6 Å². The first kappa shape index (κ1) is 16.6. The zero-order valence-corrected chi connectivity index (χ0v) is 14.5. The monoisotopic (exact) mass is 408 g/mol. The molecular weight excluding hydrogens is 399 g/mol. The number of sulfonamides is 1. The lowest BCUT2D eigenvalue weighted by Gasteiger charge is -2.11. The molecule has 0 atom stereocenters. The zero-order valence-electron chi connectivity index (χ0n) is 10.6. The van der Waals surface area contributed by atoms with Gasteiger partial charge in [-0.2, -0.15) is 0 Å². The summed E-state index contributed by atoms with van der Waals surface area (Å²) in [6.07, 6.45) is 0. The fourth-order valence-electron chi connectivity index (χ4n) is 1.70. The Kier molecular flexibility index (Phi) is 5.16. The highest BCUT2D eigenvalue weighted by Crippen LogP contribution is 2.28. The minimum absolute atomic E-state index is 0.0987. The molecule has 0 fully saturated rings. The van der Waals surface area contributed by atoms with E-state index in [1.165, 1.54) is 24.3 Å². The molecule has 0 saturated carbocycles. The lowest BCUT2D eigenvalue weighted by Crippen LogP contribution is -2.14. The van der Waals surface area contributed by atoms with E-state index in [4.69, 9.17) is 28.9 Å². The Hall–Kier alpha value is -0.790. The molecule has 0 saturated heterocycles. The van der Waals surface area contributed by atoms with E-state index in [2.05, 4.69) is 20.7 Å². The summed E-state index contributed by atoms with van der Waals surface area (Å²) in [5.41, 5.74) is 6.54. The Morgan fingerprint density at radius 2 is 1.71 bits per heavy atom. The maximum Gasteiger partial charge on any atom is 0.263 e. The van der Waals surface area contributed by atoms with Crippen LogP contribution in [0.2, 0.25) is 10.0 Å². The molecule has 0 aliphatic rings. The predicted octanol–water partition coefficient (Wildman–Crippen LogP) is 4.02. The van der Waals surface area contributed by atoms with Gasteiger partial charge in [-0.15, -0.1) is 0 Å². The molecule has 4 nitrogen and oxygen atoms in total. The number of rotatable bonds is 4. The average molecular weight is 410 g/mol. The van der Waals surface area contributed by atoms with Crippen LogP contribution in [0.3, 0.4) is 0 Å². The van der Waals surface area contributed by atoms with Gasteiger partial charge in [0, 0.05) is 21.1 Å². The Bertz CT molecular complexity index is 761. The van der Waals surface area contributed by atoms with Gasteiger partial charge >= 0.3 is 0 Å². The summed E-state index contributed by atoms with van der Waals surface area (Å²) in [6.45, 7) is 0.249. The van der Waals surface area contributed by atoms with Gasteiger partial charge in [0.25, 0.3) is 10.0 Å². The van der Waals surface area contributed by atoms with Gasteiger partial charge in [0.1, 0.15) is 4.90 Å². The summed E-state index contributed by atoms with van der Waals surface area (Å²) in [7, 11) is -3.78. The van der Waals surface area contributed by atoms with Gasteiger partial charge in [0.2, 0.25) is 0 Å². The smallest absolute Gasteiger partial charge is 0.263 e. The first-order chi connectivity index (χ1) is 9.81. The van der Waals surface area contributed by atoms with E-state index in [1.54, 1.807) is 12.1 Å². The molecule has 0 heterocycles. The second kappa shape index (κ2) is 6.54. The van der Waals surface area contributed by atoms with Crippen molar-refractivity contribution in [1.82, 2.24) is 0 Å². The summed E-state index contributed by atoms with van der Waals surface area (Å²) in [5.74, 6) is 0. The SMILES string of the molecule is NCc1ccc(Br)c(S(=O)(=O)Nc2cc(Cl)cc(Cl)c2)c1. The van der Waals surface area contributed by atoms with E-state index < -0.39 is 10.0 Å². The first-order valence-corrected chi connectivity index (χ1v) is 8.82. The van der Waals surface area contributed by atoms with Crippen LogP contribution in [0, 0.1) is 0 Å². The molecular formula is C13H11BrCl2N2O2S. The average Bonchev–Trinajstić information content (AvgIpc) is 2.37. The number of hydrogen-bond donors (Lipinski definition) is 2. The minimum atomic E-state index is -3.78. The number of nitrogens with two attached hydrogens (primary N) is 1. The van der Waals surface area contributed by atoms with Crippen LogP contribution in [0.5, 0.6) is 0 Å². The zero-order chi connectivity index (χ0) is 15.6. The van der Waals surface area contributed by atoms with Crippen molar-refractivity contribution < 1.29 is 8.42 Å². The largest absolute Gasteiger partial charge is 0.326 e. The maximum absolute atomic E-state index is 12.4. The molecule has 0 bridgehead atoms. The maximum atomic E-state index is 12.4. The summed E-state index contributed by atoms with van der Waals surface area (Å²) < 4.78 is 27.8. The van der Waals surface area contributed by atoms with Gasteiger partial charge in [0.15, 0.2) is 0 Å². The van der Waals surface area contributed by atoms with Crippen molar-refractivity contribution in [3.05, 3.63) is 56.5 Å². The molecule has 0 aromatic heterocycles. The second-order valence-corrected chi connectivity index (χ2v) is 7.61. The Morgan fingerprint density at radius 3 is 2.29 bits per heavy atom. The van der Waals surface area contributed by atoms with Crippen LogP contribution < -0.4 is 10.5 Å². The van der Waals surface area contributed by atoms with Crippen LogP contribution in [0.1, 0.15) is 5.56 Å². The lowest BCUT2D eigenvalue weighted by atomic mass is 10.2. The van der Waals surface area contributed by atoms with Crippen molar-refractivity contribution in [2.75, 3.05) is 4.72 Å². The molecule has 3 N–H and O–H groups in total. The number of nitrogens with one attached hydrogen (secondary N) is 1. The molecule has 0 unspecified atom stereocenters. The van der Waals surface area contributed by atoms with Gasteiger partial charge in [-0.25, -0.2) is 8.42 Å². The lowest BCUT2D eigenvalue weighted by molar-refractivity contribution is 0.600. The molecule has 0 radical (unpaired) electrons. The molecule has 112 valence electrons. The van der Waals surface area contributed by atoms with E-state index >= 15 is 0 Å². The first-order valence-electron chi connectivity index (χ1n) is 5.79. The summed E-state index contributed by atoms with van der Waals surface area (Å²) >= 11 is 14.9. The fraction of sp³-hybridized carbons (Fsp3) is 0.0769. The number of hydrogen-bond acceptors (Lipinski definition) is 3. The highest BCUT2D eigenvalue weighted by molar-refractivity contribution is 9.10. The molecule has 2 rings (SSSR count). The summed E-state index contributed by atoms with van der Waals surface area (Å²) in [4.78, 5) is 0.0987. The van der Waals surface area contributed by atoms with Gasteiger partial charge in [-0.05, 0) is 51.8 Å². The Balaban J connectivity index is 2.42. The van der Waals surface area contributed by atoms with Crippen molar-refractivity contribution in [2.24, 2.45) is 5.73 Å².